The minimum atomic E-state index is -2.94. The molecule has 7 heteroatoms. The molecule has 0 unspecified atom stereocenters. The normalized spacial score (nSPS) is 27.9. The van der Waals surface area contributed by atoms with Crippen molar-refractivity contribution in [2.45, 2.75) is 44.9 Å². The second-order valence-electron chi connectivity index (χ2n) is 7.83. The molecule has 2 aliphatic heterocycles. The summed E-state index contributed by atoms with van der Waals surface area (Å²) in [5.41, 5.74) is 2.89. The molecule has 2 fully saturated rings. The van der Waals surface area contributed by atoms with Gasteiger partial charge in [0.15, 0.2) is 9.84 Å². The highest BCUT2D eigenvalue weighted by atomic mass is 32.2. The fraction of sp³-hybridized carbons (Fsp3) is 0.667. The first-order valence-electron chi connectivity index (χ1n) is 9.19. The first kappa shape index (κ1) is 16.8. The SMILES string of the molecule is O=C(Nc1cnc2c(c1)CCCC2)N1CCC[C@]2(CCS(=O)(=O)C2)C1. The lowest BCUT2D eigenvalue weighted by Crippen LogP contribution is -2.48. The lowest BCUT2D eigenvalue weighted by Gasteiger charge is -2.39. The highest BCUT2D eigenvalue weighted by Crippen LogP contribution is 2.40. The van der Waals surface area contributed by atoms with Crippen molar-refractivity contribution in [3.05, 3.63) is 23.5 Å². The van der Waals surface area contributed by atoms with Crippen molar-refractivity contribution in [3.63, 3.8) is 0 Å². The number of likely N-dealkylation sites (tertiary alicyclic amines) is 1. The van der Waals surface area contributed by atoms with Crippen molar-refractivity contribution in [2.75, 3.05) is 29.9 Å². The van der Waals surface area contributed by atoms with Crippen molar-refractivity contribution >= 4 is 21.6 Å². The molecule has 2 amide bonds. The Morgan fingerprint density at radius 2 is 2.04 bits per heavy atom. The minimum absolute atomic E-state index is 0.138. The molecule has 1 atom stereocenters. The summed E-state index contributed by atoms with van der Waals surface area (Å²) in [7, 11) is -2.94. The number of aryl methyl sites for hydroxylation is 2. The zero-order valence-electron chi connectivity index (χ0n) is 14.5. The average Bonchev–Trinajstić information content (AvgIpc) is 2.89. The molecule has 1 spiro atoms. The number of pyridine rings is 1. The highest BCUT2D eigenvalue weighted by Gasteiger charge is 2.45. The van der Waals surface area contributed by atoms with Gasteiger partial charge in [-0.25, -0.2) is 13.2 Å². The predicted octanol–water partition coefficient (Wildman–Crippen LogP) is 2.39. The van der Waals surface area contributed by atoms with Crippen molar-refractivity contribution in [1.29, 1.82) is 0 Å². The number of piperidine rings is 1. The van der Waals surface area contributed by atoms with Gasteiger partial charge in [-0.1, -0.05) is 0 Å². The predicted molar refractivity (Wildman–Crippen MR) is 96.4 cm³/mol. The van der Waals surface area contributed by atoms with E-state index in [4.69, 9.17) is 0 Å². The van der Waals surface area contributed by atoms with Crippen LogP contribution in [0.15, 0.2) is 12.3 Å². The van der Waals surface area contributed by atoms with Crippen molar-refractivity contribution in [1.82, 2.24) is 9.88 Å². The molecule has 0 aromatic carbocycles. The van der Waals surface area contributed by atoms with Gasteiger partial charge in [-0.05, 0) is 56.6 Å². The van der Waals surface area contributed by atoms with Crippen LogP contribution in [0.25, 0.3) is 0 Å². The summed E-state index contributed by atoms with van der Waals surface area (Å²) in [6.45, 7) is 1.22. The van der Waals surface area contributed by atoms with Crippen LogP contribution in [0.5, 0.6) is 0 Å². The third kappa shape index (κ3) is 3.52. The van der Waals surface area contributed by atoms with Crippen LogP contribution in [-0.4, -0.2) is 48.9 Å². The van der Waals surface area contributed by atoms with Crippen LogP contribution in [0.3, 0.4) is 0 Å². The Labute approximate surface area is 148 Å². The van der Waals surface area contributed by atoms with Crippen LogP contribution in [0.2, 0.25) is 0 Å². The number of amides is 2. The van der Waals surface area contributed by atoms with Gasteiger partial charge >= 0.3 is 6.03 Å². The van der Waals surface area contributed by atoms with Gasteiger partial charge in [0.2, 0.25) is 0 Å². The number of nitrogens with zero attached hydrogens (tertiary/aromatic N) is 2. The van der Waals surface area contributed by atoms with E-state index in [-0.39, 0.29) is 23.0 Å². The number of nitrogens with one attached hydrogen (secondary N) is 1. The lowest BCUT2D eigenvalue weighted by molar-refractivity contribution is 0.130. The Kier molecular flexibility index (Phi) is 4.22. The second-order valence-corrected chi connectivity index (χ2v) is 10.0. The molecular formula is C18H25N3O3S. The number of hydrogen-bond acceptors (Lipinski definition) is 4. The van der Waals surface area contributed by atoms with Gasteiger partial charge < -0.3 is 10.2 Å². The molecule has 0 saturated carbocycles. The Balaban J connectivity index is 1.44. The number of rotatable bonds is 1. The van der Waals surface area contributed by atoms with Crippen LogP contribution in [0.4, 0.5) is 10.5 Å². The number of urea groups is 1. The molecule has 1 N–H and O–H groups in total. The number of anilines is 1. The van der Waals surface area contributed by atoms with E-state index in [2.05, 4.69) is 10.3 Å². The van der Waals surface area contributed by atoms with Crippen LogP contribution in [0, 0.1) is 5.41 Å². The summed E-state index contributed by atoms with van der Waals surface area (Å²) < 4.78 is 23.8. The lowest BCUT2D eigenvalue weighted by atomic mass is 9.80. The molecular weight excluding hydrogens is 338 g/mol. The van der Waals surface area contributed by atoms with Gasteiger partial charge in [0.05, 0.1) is 23.4 Å². The molecule has 25 heavy (non-hydrogen) atoms. The van der Waals surface area contributed by atoms with Gasteiger partial charge in [0.1, 0.15) is 0 Å². The molecule has 136 valence electrons. The minimum Gasteiger partial charge on any atom is -0.324 e. The van der Waals surface area contributed by atoms with Crippen molar-refractivity contribution < 1.29 is 13.2 Å². The van der Waals surface area contributed by atoms with Crippen LogP contribution in [-0.2, 0) is 22.7 Å². The quantitative estimate of drug-likeness (QED) is 0.831. The molecule has 2 saturated heterocycles. The smallest absolute Gasteiger partial charge is 0.321 e. The van der Waals surface area contributed by atoms with Gasteiger partial charge in [-0.3, -0.25) is 4.98 Å². The number of fused-ring (bicyclic) bond motifs is 1. The molecule has 0 radical (unpaired) electrons. The molecule has 3 heterocycles. The van der Waals surface area contributed by atoms with Crippen LogP contribution >= 0.6 is 0 Å². The Bertz CT molecular complexity index is 793. The van der Waals surface area contributed by atoms with E-state index in [1.807, 2.05) is 6.07 Å². The maximum absolute atomic E-state index is 12.7. The van der Waals surface area contributed by atoms with Gasteiger partial charge in [0, 0.05) is 24.2 Å². The molecule has 3 aliphatic rings. The number of carbonyl (C=O) groups is 1. The van der Waals surface area contributed by atoms with E-state index < -0.39 is 9.84 Å². The van der Waals surface area contributed by atoms with E-state index in [0.29, 0.717) is 19.5 Å². The molecule has 1 aromatic heterocycles. The summed E-state index contributed by atoms with van der Waals surface area (Å²) >= 11 is 0. The largest absolute Gasteiger partial charge is 0.324 e. The number of sulfone groups is 1. The van der Waals surface area contributed by atoms with E-state index in [1.165, 1.54) is 18.4 Å². The zero-order chi connectivity index (χ0) is 17.5. The van der Waals surface area contributed by atoms with Crippen LogP contribution in [0.1, 0.15) is 43.4 Å². The molecule has 4 rings (SSSR count). The molecule has 1 aromatic rings. The van der Waals surface area contributed by atoms with Gasteiger partial charge in [-0.15, -0.1) is 0 Å². The second kappa shape index (κ2) is 6.27. The highest BCUT2D eigenvalue weighted by molar-refractivity contribution is 7.91. The topological polar surface area (TPSA) is 79.4 Å². The third-order valence-corrected chi connectivity index (χ3v) is 7.72. The maximum Gasteiger partial charge on any atom is 0.321 e. The summed E-state index contributed by atoms with van der Waals surface area (Å²) in [4.78, 5) is 19.0. The Morgan fingerprint density at radius 1 is 1.20 bits per heavy atom. The van der Waals surface area contributed by atoms with Gasteiger partial charge in [0.25, 0.3) is 0 Å². The van der Waals surface area contributed by atoms with E-state index in [1.54, 1.807) is 11.1 Å². The molecule has 0 bridgehead atoms. The van der Waals surface area contributed by atoms with E-state index in [0.717, 1.165) is 37.1 Å². The fourth-order valence-corrected chi connectivity index (χ4v) is 6.75. The molecule has 1 aliphatic carbocycles. The Hall–Kier alpha value is -1.63. The summed E-state index contributed by atoms with van der Waals surface area (Å²) in [6.07, 6.45) is 8.59. The standard InChI is InChI=1S/C18H25N3O3S/c22-17(20-15-10-14-4-1-2-5-16(14)19-11-15)21-8-3-6-18(12-21)7-9-25(23,24)13-18/h10-11H,1-9,12-13H2,(H,20,22)/t18-/m0/s1. The van der Waals surface area contributed by atoms with E-state index >= 15 is 0 Å². The number of carbonyl (C=O) groups excluding carboxylic acids is 1. The van der Waals surface area contributed by atoms with Crippen molar-refractivity contribution in [3.8, 4) is 0 Å². The maximum atomic E-state index is 12.7. The third-order valence-electron chi connectivity index (χ3n) is 5.84. The monoisotopic (exact) mass is 363 g/mol. The molecule has 6 nitrogen and oxygen atoms in total. The summed E-state index contributed by atoms with van der Waals surface area (Å²) in [6, 6.07) is 1.90. The van der Waals surface area contributed by atoms with Gasteiger partial charge in [-0.2, -0.15) is 0 Å². The average molecular weight is 363 g/mol. The summed E-state index contributed by atoms with van der Waals surface area (Å²) in [5.74, 6) is 0.487. The van der Waals surface area contributed by atoms with E-state index in [9.17, 15) is 13.2 Å². The summed E-state index contributed by atoms with van der Waals surface area (Å²) in [5, 5.41) is 2.96. The zero-order valence-corrected chi connectivity index (χ0v) is 15.3. The number of hydrogen-bond donors (Lipinski definition) is 1. The number of aromatic nitrogens is 1. The first-order valence-corrected chi connectivity index (χ1v) is 11.0. The Morgan fingerprint density at radius 3 is 2.84 bits per heavy atom. The van der Waals surface area contributed by atoms with Crippen LogP contribution < -0.4 is 5.32 Å². The van der Waals surface area contributed by atoms with Crippen molar-refractivity contribution in [2.24, 2.45) is 5.41 Å². The fourth-order valence-electron chi connectivity index (χ4n) is 4.54. The first-order chi connectivity index (χ1) is 11.9.